The van der Waals surface area contributed by atoms with Gasteiger partial charge in [0.25, 0.3) is 0 Å². The Morgan fingerprint density at radius 2 is 1.67 bits per heavy atom. The molecule has 176 valence electrons. The Bertz CT molecular complexity index is 1550. The van der Waals surface area contributed by atoms with E-state index in [0.29, 0.717) is 17.1 Å². The van der Waals surface area contributed by atoms with Gasteiger partial charge >= 0.3 is 0 Å². The van der Waals surface area contributed by atoms with E-state index < -0.39 is 5.92 Å². The lowest BCUT2D eigenvalue weighted by Crippen LogP contribution is -2.24. The second-order valence-electron chi connectivity index (χ2n) is 8.33. The number of nitriles is 1. The molecule has 0 saturated heterocycles. The second kappa shape index (κ2) is 9.72. The van der Waals surface area contributed by atoms with Crippen molar-refractivity contribution >= 4 is 22.6 Å². The molecule has 7 nitrogen and oxygen atoms in total. The molecule has 1 amide bonds. The van der Waals surface area contributed by atoms with Crippen LogP contribution in [0.5, 0.6) is 5.75 Å². The molecule has 2 heterocycles. The van der Waals surface area contributed by atoms with Gasteiger partial charge < -0.3 is 10.1 Å². The summed E-state index contributed by atoms with van der Waals surface area (Å²) in [5, 5.41) is 18.1. The zero-order valence-corrected chi connectivity index (χ0v) is 19.8. The molecule has 0 saturated carbocycles. The van der Waals surface area contributed by atoms with Gasteiger partial charge in [-0.25, -0.2) is 4.98 Å². The standard InChI is InChI=1S/C29H23N5O2/c1-19-16-25(32-27-23(19)14-9-15-24(27)36-2)34-28(22(17-30)18-31-34)33-29(35)26(20-10-5-3-6-11-20)21-12-7-4-8-13-21/h3-16,18,26H,1-2H3,(H,33,35). The number of amides is 1. The van der Waals surface area contributed by atoms with Crippen LogP contribution >= 0.6 is 0 Å². The zero-order valence-electron chi connectivity index (χ0n) is 19.8. The van der Waals surface area contributed by atoms with E-state index in [1.54, 1.807) is 7.11 Å². The summed E-state index contributed by atoms with van der Waals surface area (Å²) in [5.74, 6) is 0.510. The van der Waals surface area contributed by atoms with E-state index in [1.807, 2.05) is 91.9 Å². The molecule has 5 aromatic rings. The fourth-order valence-corrected chi connectivity index (χ4v) is 4.35. The molecule has 2 aromatic heterocycles. The molecule has 0 aliphatic carbocycles. The number of benzene rings is 3. The maximum absolute atomic E-state index is 13.7. The zero-order chi connectivity index (χ0) is 25.1. The number of ether oxygens (including phenoxy) is 1. The van der Waals surface area contributed by atoms with Gasteiger partial charge in [-0.1, -0.05) is 72.8 Å². The van der Waals surface area contributed by atoms with Crippen LogP contribution in [0.2, 0.25) is 0 Å². The number of nitrogens with zero attached hydrogens (tertiary/aromatic N) is 4. The van der Waals surface area contributed by atoms with Crippen molar-refractivity contribution in [1.29, 1.82) is 5.26 Å². The third-order valence-corrected chi connectivity index (χ3v) is 6.09. The summed E-state index contributed by atoms with van der Waals surface area (Å²) < 4.78 is 7.00. The number of hydrogen-bond donors (Lipinski definition) is 1. The number of pyridine rings is 1. The summed E-state index contributed by atoms with van der Waals surface area (Å²) in [6.45, 7) is 1.97. The topological polar surface area (TPSA) is 92.8 Å². The van der Waals surface area contributed by atoms with Crippen molar-refractivity contribution in [2.24, 2.45) is 0 Å². The number of carbonyl (C=O) groups excluding carboxylic acids is 1. The third-order valence-electron chi connectivity index (χ3n) is 6.09. The summed E-state index contributed by atoms with van der Waals surface area (Å²) in [5.41, 5.74) is 3.56. The van der Waals surface area contributed by atoms with Gasteiger partial charge in [0.1, 0.15) is 22.9 Å². The first-order valence-electron chi connectivity index (χ1n) is 11.4. The number of carbonyl (C=O) groups is 1. The molecule has 0 radical (unpaired) electrons. The Labute approximate surface area is 208 Å². The Kier molecular flexibility index (Phi) is 6.16. The molecular weight excluding hydrogens is 450 g/mol. The first-order valence-corrected chi connectivity index (χ1v) is 11.4. The molecule has 0 bridgehead atoms. The van der Waals surface area contributed by atoms with Crippen molar-refractivity contribution in [2.45, 2.75) is 12.8 Å². The van der Waals surface area contributed by atoms with E-state index in [9.17, 15) is 10.1 Å². The number of nitrogens with one attached hydrogen (secondary N) is 1. The van der Waals surface area contributed by atoms with Crippen LogP contribution in [-0.2, 0) is 4.79 Å². The lowest BCUT2D eigenvalue weighted by molar-refractivity contribution is -0.116. The van der Waals surface area contributed by atoms with Crippen molar-refractivity contribution in [1.82, 2.24) is 14.8 Å². The maximum atomic E-state index is 13.7. The van der Waals surface area contributed by atoms with E-state index >= 15 is 0 Å². The molecule has 0 spiro atoms. The van der Waals surface area contributed by atoms with Gasteiger partial charge in [0, 0.05) is 5.39 Å². The minimum atomic E-state index is -0.575. The predicted molar refractivity (Wildman–Crippen MR) is 138 cm³/mol. The van der Waals surface area contributed by atoms with E-state index in [2.05, 4.69) is 16.5 Å². The van der Waals surface area contributed by atoms with Crippen molar-refractivity contribution in [2.75, 3.05) is 12.4 Å². The SMILES string of the molecule is COc1cccc2c(C)cc(-n3ncc(C#N)c3NC(=O)C(c3ccccc3)c3ccccc3)nc12. The Morgan fingerprint density at radius 3 is 2.28 bits per heavy atom. The van der Waals surface area contributed by atoms with Gasteiger partial charge in [-0.3, -0.25) is 4.79 Å². The second-order valence-corrected chi connectivity index (χ2v) is 8.33. The van der Waals surface area contributed by atoms with Crippen molar-refractivity contribution in [3.63, 3.8) is 0 Å². The van der Waals surface area contributed by atoms with E-state index in [1.165, 1.54) is 10.9 Å². The van der Waals surface area contributed by atoms with Gasteiger partial charge in [0.15, 0.2) is 11.6 Å². The molecule has 0 fully saturated rings. The average molecular weight is 474 g/mol. The van der Waals surface area contributed by atoms with Crippen molar-refractivity contribution in [3.8, 4) is 17.6 Å². The number of rotatable bonds is 6. The summed E-state index contributed by atoms with van der Waals surface area (Å²) in [6.07, 6.45) is 1.43. The van der Waals surface area contributed by atoms with Gasteiger partial charge in [-0.15, -0.1) is 0 Å². The highest BCUT2D eigenvalue weighted by Gasteiger charge is 2.26. The Balaban J connectivity index is 1.60. The number of aromatic nitrogens is 3. The van der Waals surface area contributed by atoms with Crippen molar-refractivity contribution in [3.05, 3.63) is 113 Å². The lowest BCUT2D eigenvalue weighted by Gasteiger charge is -2.19. The number of anilines is 1. The quantitative estimate of drug-likeness (QED) is 0.357. The molecule has 36 heavy (non-hydrogen) atoms. The number of aryl methyl sites for hydroxylation is 1. The summed E-state index contributed by atoms with van der Waals surface area (Å²) in [7, 11) is 1.60. The van der Waals surface area contributed by atoms with Crippen LogP contribution < -0.4 is 10.1 Å². The molecular formula is C29H23N5O2. The van der Waals surface area contributed by atoms with Crippen LogP contribution in [-0.4, -0.2) is 27.8 Å². The average Bonchev–Trinajstić information content (AvgIpc) is 3.32. The largest absolute Gasteiger partial charge is 0.494 e. The molecule has 1 N–H and O–H groups in total. The first kappa shape index (κ1) is 22.8. The Hall–Kier alpha value is -4.96. The molecule has 0 aliphatic rings. The molecule has 3 aromatic carbocycles. The normalized spacial score (nSPS) is 10.8. The van der Waals surface area contributed by atoms with Gasteiger partial charge in [0.2, 0.25) is 5.91 Å². The van der Waals surface area contributed by atoms with E-state index in [4.69, 9.17) is 9.72 Å². The van der Waals surface area contributed by atoms with Gasteiger partial charge in [-0.2, -0.15) is 15.0 Å². The summed E-state index contributed by atoms with van der Waals surface area (Å²) >= 11 is 0. The third kappa shape index (κ3) is 4.17. The predicted octanol–water partition coefficient (Wildman–Crippen LogP) is 5.38. The minimum absolute atomic E-state index is 0.239. The maximum Gasteiger partial charge on any atom is 0.237 e. The van der Waals surface area contributed by atoms with Crippen LogP contribution in [0.4, 0.5) is 5.82 Å². The number of hydrogen-bond acceptors (Lipinski definition) is 5. The first-order chi connectivity index (χ1) is 17.6. The van der Waals surface area contributed by atoms with Crippen LogP contribution in [0.25, 0.3) is 16.7 Å². The monoisotopic (exact) mass is 473 g/mol. The highest BCUT2D eigenvalue weighted by Crippen LogP contribution is 2.30. The molecule has 0 atom stereocenters. The lowest BCUT2D eigenvalue weighted by atomic mass is 9.90. The number of methoxy groups -OCH3 is 1. The molecule has 0 aliphatic heterocycles. The Morgan fingerprint density at radius 1 is 1.00 bits per heavy atom. The molecule has 5 rings (SSSR count). The van der Waals surface area contributed by atoms with E-state index in [0.717, 1.165) is 22.1 Å². The van der Waals surface area contributed by atoms with Crippen LogP contribution in [0.15, 0.2) is 91.1 Å². The number of fused-ring (bicyclic) bond motifs is 1. The van der Waals surface area contributed by atoms with Crippen LogP contribution in [0.3, 0.4) is 0 Å². The van der Waals surface area contributed by atoms with Gasteiger partial charge in [0.05, 0.1) is 19.2 Å². The smallest absolute Gasteiger partial charge is 0.237 e. The van der Waals surface area contributed by atoms with E-state index in [-0.39, 0.29) is 17.3 Å². The minimum Gasteiger partial charge on any atom is -0.494 e. The van der Waals surface area contributed by atoms with Crippen LogP contribution in [0.1, 0.15) is 28.2 Å². The summed E-state index contributed by atoms with van der Waals surface area (Å²) in [6, 6.07) is 28.8. The van der Waals surface area contributed by atoms with Crippen molar-refractivity contribution < 1.29 is 9.53 Å². The highest BCUT2D eigenvalue weighted by molar-refractivity contribution is 5.98. The number of para-hydroxylation sites is 1. The summed E-state index contributed by atoms with van der Waals surface area (Å²) in [4.78, 5) is 18.5. The van der Waals surface area contributed by atoms with Gasteiger partial charge in [-0.05, 0) is 35.7 Å². The molecule has 0 unspecified atom stereocenters. The van der Waals surface area contributed by atoms with Crippen LogP contribution in [0, 0.1) is 18.3 Å². The molecule has 7 heteroatoms. The fourth-order valence-electron chi connectivity index (χ4n) is 4.35. The highest BCUT2D eigenvalue weighted by atomic mass is 16.5. The fraction of sp³-hybridized carbons (Fsp3) is 0.103.